The van der Waals surface area contributed by atoms with Crippen LogP contribution in [0.25, 0.3) is 17.0 Å². The van der Waals surface area contributed by atoms with Gasteiger partial charge in [0.1, 0.15) is 6.04 Å². The van der Waals surface area contributed by atoms with Crippen LogP contribution in [0.1, 0.15) is 112 Å². The van der Waals surface area contributed by atoms with Crippen LogP contribution in [0, 0.1) is 29.6 Å². The molecule has 6 rings (SSSR count). The van der Waals surface area contributed by atoms with Crippen molar-refractivity contribution in [2.75, 3.05) is 13.1 Å². The van der Waals surface area contributed by atoms with E-state index >= 15 is 0 Å². The van der Waals surface area contributed by atoms with E-state index in [2.05, 4.69) is 46.0 Å². The van der Waals surface area contributed by atoms with Gasteiger partial charge in [0.25, 0.3) is 5.91 Å². The van der Waals surface area contributed by atoms with Crippen LogP contribution >= 0.6 is 11.3 Å². The van der Waals surface area contributed by atoms with Crippen LogP contribution < -0.4 is 5.32 Å². The highest BCUT2D eigenvalue weighted by Crippen LogP contribution is 2.44. The Bertz CT molecular complexity index is 1710. The first kappa shape index (κ1) is 36.9. The molecule has 0 spiro atoms. The summed E-state index contributed by atoms with van der Waals surface area (Å²) >= 11 is 1.42. The third kappa shape index (κ3) is 8.79. The summed E-state index contributed by atoms with van der Waals surface area (Å²) in [6, 6.07) is 10.7. The van der Waals surface area contributed by atoms with Gasteiger partial charge in [0, 0.05) is 47.9 Å². The number of amides is 2. The predicted octanol–water partition coefficient (Wildman–Crippen LogP) is 8.42. The van der Waals surface area contributed by atoms with Gasteiger partial charge in [0.15, 0.2) is 5.82 Å². The normalized spacial score (nSPS) is 23.2. The zero-order valence-electron chi connectivity index (χ0n) is 30.9. The molecule has 0 bridgehead atoms. The van der Waals surface area contributed by atoms with E-state index in [-0.39, 0.29) is 36.7 Å². The Kier molecular flexibility index (Phi) is 11.4. The van der Waals surface area contributed by atoms with Gasteiger partial charge < -0.3 is 15.3 Å². The SMILES string of the molecule is CCCC1CCC(C2CC=C(c3cnc(-c4ccc(C[C@H](NC(=O)c5ccc(C(C)(C)C)s5)C(=O)N5CC(C(=O)O)C5)cc4)nc3)C(C)C2)CC1. The largest absolute Gasteiger partial charge is 0.481 e. The van der Waals surface area contributed by atoms with Gasteiger partial charge in [0.2, 0.25) is 5.91 Å². The molecule has 272 valence electrons. The number of carboxylic acids is 1. The van der Waals surface area contributed by atoms with E-state index in [1.54, 1.807) is 6.07 Å². The maximum atomic E-state index is 13.5. The number of nitrogens with zero attached hydrogens (tertiary/aromatic N) is 3. The van der Waals surface area contributed by atoms with Crippen molar-refractivity contribution in [3.8, 4) is 11.4 Å². The lowest BCUT2D eigenvalue weighted by Gasteiger charge is -2.38. The molecule has 2 N–H and O–H groups in total. The van der Waals surface area contributed by atoms with Crippen LogP contribution in [0.3, 0.4) is 0 Å². The van der Waals surface area contributed by atoms with Crippen molar-refractivity contribution in [3.05, 3.63) is 75.7 Å². The molecule has 3 atom stereocenters. The molecule has 8 nitrogen and oxygen atoms in total. The summed E-state index contributed by atoms with van der Waals surface area (Å²) in [6.45, 7) is 11.3. The maximum Gasteiger partial charge on any atom is 0.310 e. The first-order valence-electron chi connectivity index (χ1n) is 18.9. The summed E-state index contributed by atoms with van der Waals surface area (Å²) in [5, 5.41) is 12.3. The number of nitrogens with one attached hydrogen (secondary N) is 1. The second kappa shape index (κ2) is 15.8. The summed E-state index contributed by atoms with van der Waals surface area (Å²) in [6.07, 6.45) is 17.3. The summed E-state index contributed by atoms with van der Waals surface area (Å²) < 4.78 is 0. The molecule has 2 aliphatic carbocycles. The number of thiophene rings is 1. The van der Waals surface area contributed by atoms with E-state index in [1.165, 1.54) is 66.8 Å². The molecule has 3 heterocycles. The average molecular weight is 711 g/mol. The summed E-state index contributed by atoms with van der Waals surface area (Å²) in [4.78, 5) is 50.9. The highest BCUT2D eigenvalue weighted by atomic mass is 32.1. The van der Waals surface area contributed by atoms with E-state index in [4.69, 9.17) is 9.97 Å². The first-order chi connectivity index (χ1) is 24.4. The summed E-state index contributed by atoms with van der Waals surface area (Å²) in [5.74, 6) is 1.69. The molecule has 1 saturated heterocycles. The fourth-order valence-electron chi connectivity index (χ4n) is 8.28. The number of aliphatic carboxylic acids is 1. The Balaban J connectivity index is 1.09. The van der Waals surface area contributed by atoms with Gasteiger partial charge in [0.05, 0.1) is 10.8 Å². The highest BCUT2D eigenvalue weighted by molar-refractivity contribution is 7.14. The average Bonchev–Trinajstić information content (AvgIpc) is 3.60. The third-order valence-corrected chi connectivity index (χ3v) is 12.9. The van der Waals surface area contributed by atoms with E-state index in [0.717, 1.165) is 45.7 Å². The molecule has 9 heteroatoms. The Morgan fingerprint density at radius 3 is 2.24 bits per heavy atom. The Morgan fingerprint density at radius 2 is 1.65 bits per heavy atom. The minimum Gasteiger partial charge on any atom is -0.481 e. The van der Waals surface area contributed by atoms with E-state index in [1.807, 2.05) is 42.7 Å². The van der Waals surface area contributed by atoms with Gasteiger partial charge >= 0.3 is 5.97 Å². The first-order valence-corrected chi connectivity index (χ1v) is 19.8. The van der Waals surface area contributed by atoms with Gasteiger partial charge in [-0.1, -0.05) is 90.6 Å². The van der Waals surface area contributed by atoms with Crippen molar-refractivity contribution in [1.82, 2.24) is 20.2 Å². The van der Waals surface area contributed by atoms with Crippen molar-refractivity contribution >= 4 is 34.7 Å². The zero-order valence-corrected chi connectivity index (χ0v) is 31.7. The number of aromatic nitrogens is 2. The summed E-state index contributed by atoms with van der Waals surface area (Å²) in [7, 11) is 0. The second-order valence-corrected chi connectivity index (χ2v) is 17.4. The number of carbonyl (C=O) groups excluding carboxylic acids is 2. The quantitative estimate of drug-likeness (QED) is 0.207. The van der Waals surface area contributed by atoms with Crippen LogP contribution in [-0.2, 0) is 21.4 Å². The van der Waals surface area contributed by atoms with E-state index in [0.29, 0.717) is 16.6 Å². The minimum absolute atomic E-state index is 0.0878. The molecule has 0 radical (unpaired) electrons. The molecule has 2 unspecified atom stereocenters. The molecule has 2 fully saturated rings. The number of carboxylic acid groups (broad SMARTS) is 1. The molecule has 1 saturated carbocycles. The Labute approximate surface area is 307 Å². The predicted molar refractivity (Wildman–Crippen MR) is 203 cm³/mol. The Hall–Kier alpha value is -3.85. The van der Waals surface area contributed by atoms with Gasteiger partial charge in [-0.2, -0.15) is 0 Å². The number of hydrogen-bond acceptors (Lipinski definition) is 6. The number of rotatable bonds is 11. The number of benzene rings is 1. The van der Waals surface area contributed by atoms with Gasteiger partial charge in [-0.05, 0) is 78.0 Å². The van der Waals surface area contributed by atoms with E-state index in [9.17, 15) is 19.5 Å². The van der Waals surface area contributed by atoms with Crippen LogP contribution in [0.4, 0.5) is 0 Å². The zero-order chi connectivity index (χ0) is 36.3. The van der Waals surface area contributed by atoms with Crippen LogP contribution in [0.2, 0.25) is 0 Å². The van der Waals surface area contributed by atoms with Gasteiger partial charge in [-0.3, -0.25) is 14.4 Å². The molecule has 1 aromatic carbocycles. The number of likely N-dealkylation sites (tertiary alicyclic amines) is 1. The van der Waals surface area contributed by atoms with Crippen molar-refractivity contribution in [1.29, 1.82) is 0 Å². The van der Waals surface area contributed by atoms with Crippen molar-refractivity contribution in [2.24, 2.45) is 29.6 Å². The topological polar surface area (TPSA) is 112 Å². The fourth-order valence-corrected chi connectivity index (χ4v) is 9.25. The smallest absolute Gasteiger partial charge is 0.310 e. The van der Waals surface area contributed by atoms with Gasteiger partial charge in [-0.15, -0.1) is 11.3 Å². The van der Waals surface area contributed by atoms with E-state index < -0.39 is 17.9 Å². The highest BCUT2D eigenvalue weighted by Gasteiger charge is 2.39. The third-order valence-electron chi connectivity index (χ3n) is 11.4. The molecule has 2 amide bonds. The van der Waals surface area contributed by atoms with Crippen molar-refractivity contribution < 1.29 is 19.5 Å². The molecule has 2 aromatic heterocycles. The molecule has 51 heavy (non-hydrogen) atoms. The second-order valence-electron chi connectivity index (χ2n) is 16.3. The molecule has 3 aliphatic rings. The standard InChI is InChI=1S/C42H54N4O4S/c1-6-7-27-8-12-29(13-9-27)31-16-17-34(26(2)20-31)32-22-43-38(44-23-32)30-14-10-28(11-15-30)21-35(40(48)46-24-33(25-46)41(49)50)45-39(47)36-18-19-37(51-36)42(3,4)5/h10-11,14-15,17-19,22-23,26-27,29,31,33,35H,6-9,12-13,16,20-21,24-25H2,1-5H3,(H,45,47)(H,49,50)/t26?,27?,29?,31?,35-/m0/s1. The molecular weight excluding hydrogens is 657 g/mol. The van der Waals surface area contributed by atoms with Gasteiger partial charge in [-0.25, -0.2) is 9.97 Å². The van der Waals surface area contributed by atoms with Crippen molar-refractivity contribution in [2.45, 2.75) is 104 Å². The molecule has 3 aromatic rings. The lowest BCUT2D eigenvalue weighted by Crippen LogP contribution is -2.59. The molecule has 1 aliphatic heterocycles. The summed E-state index contributed by atoms with van der Waals surface area (Å²) in [5.41, 5.74) is 4.12. The lowest BCUT2D eigenvalue weighted by atomic mass is 9.68. The maximum absolute atomic E-state index is 13.5. The number of carbonyl (C=O) groups is 3. The van der Waals surface area contributed by atoms with Crippen LogP contribution in [-0.4, -0.2) is 56.9 Å². The minimum atomic E-state index is -0.910. The van der Waals surface area contributed by atoms with Crippen LogP contribution in [0.15, 0.2) is 54.9 Å². The molecular formula is C42H54N4O4S. The monoisotopic (exact) mass is 710 g/mol. The fraction of sp³-hybridized carbons (Fsp3) is 0.548. The number of allylic oxidation sites excluding steroid dienone is 2. The number of hydrogen-bond donors (Lipinski definition) is 2. The van der Waals surface area contributed by atoms with Crippen LogP contribution in [0.5, 0.6) is 0 Å². The Morgan fingerprint density at radius 1 is 0.961 bits per heavy atom. The lowest BCUT2D eigenvalue weighted by molar-refractivity contribution is -0.153. The van der Waals surface area contributed by atoms with Crippen molar-refractivity contribution in [3.63, 3.8) is 0 Å².